The quantitative estimate of drug-likeness (QED) is 0.776. The SMILES string of the molecule is CCN(CC)S(=O)(=O)N1CCC(C(=O)NC2CCCC(C)C2C)CC1. The van der Waals surface area contributed by atoms with Gasteiger partial charge in [0.05, 0.1) is 0 Å². The van der Waals surface area contributed by atoms with Gasteiger partial charge in [0.25, 0.3) is 10.2 Å². The molecule has 1 aliphatic heterocycles. The van der Waals surface area contributed by atoms with Crippen LogP contribution in [0.15, 0.2) is 0 Å². The van der Waals surface area contributed by atoms with Crippen molar-refractivity contribution >= 4 is 16.1 Å². The van der Waals surface area contributed by atoms with Crippen LogP contribution in [-0.4, -0.2) is 55.2 Å². The summed E-state index contributed by atoms with van der Waals surface area (Å²) in [4.78, 5) is 12.6. The molecule has 0 radical (unpaired) electrons. The lowest BCUT2D eigenvalue weighted by Crippen LogP contribution is -2.50. The summed E-state index contributed by atoms with van der Waals surface area (Å²) in [5.74, 6) is 1.22. The zero-order valence-electron chi connectivity index (χ0n) is 16.2. The van der Waals surface area contributed by atoms with E-state index in [1.807, 2.05) is 13.8 Å². The van der Waals surface area contributed by atoms with E-state index in [9.17, 15) is 13.2 Å². The molecule has 0 aromatic rings. The van der Waals surface area contributed by atoms with Gasteiger partial charge in [-0.2, -0.15) is 17.0 Å². The fourth-order valence-corrected chi connectivity index (χ4v) is 5.80. The summed E-state index contributed by atoms with van der Waals surface area (Å²) in [5, 5.41) is 3.25. The highest BCUT2D eigenvalue weighted by Crippen LogP contribution is 2.30. The molecule has 0 aromatic heterocycles. The summed E-state index contributed by atoms with van der Waals surface area (Å²) in [6.07, 6.45) is 4.71. The lowest BCUT2D eigenvalue weighted by atomic mass is 9.78. The Morgan fingerprint density at radius 2 is 1.68 bits per heavy atom. The Labute approximate surface area is 153 Å². The van der Waals surface area contributed by atoms with Gasteiger partial charge in [-0.1, -0.05) is 40.5 Å². The predicted molar refractivity (Wildman–Crippen MR) is 100 cm³/mol. The molecule has 1 amide bonds. The first-order valence-electron chi connectivity index (χ1n) is 9.86. The smallest absolute Gasteiger partial charge is 0.281 e. The Kier molecular flexibility index (Phi) is 7.29. The second-order valence-electron chi connectivity index (χ2n) is 7.65. The lowest BCUT2D eigenvalue weighted by Gasteiger charge is -2.37. The van der Waals surface area contributed by atoms with Gasteiger partial charge < -0.3 is 5.32 Å². The average Bonchev–Trinajstić information content (AvgIpc) is 2.60. The van der Waals surface area contributed by atoms with Crippen LogP contribution in [-0.2, 0) is 15.0 Å². The molecule has 2 fully saturated rings. The van der Waals surface area contributed by atoms with Crippen molar-refractivity contribution in [3.05, 3.63) is 0 Å². The first-order chi connectivity index (χ1) is 11.8. The van der Waals surface area contributed by atoms with E-state index in [1.165, 1.54) is 21.5 Å². The van der Waals surface area contributed by atoms with Gasteiger partial charge in [0, 0.05) is 38.1 Å². The zero-order valence-corrected chi connectivity index (χ0v) is 17.0. The Bertz CT molecular complexity index is 540. The van der Waals surface area contributed by atoms with Crippen LogP contribution in [0.4, 0.5) is 0 Å². The van der Waals surface area contributed by atoms with E-state index < -0.39 is 10.2 Å². The summed E-state index contributed by atoms with van der Waals surface area (Å²) in [6, 6.07) is 0.272. The second kappa shape index (κ2) is 8.82. The normalized spacial score (nSPS) is 29.7. The van der Waals surface area contributed by atoms with Crippen molar-refractivity contribution in [1.29, 1.82) is 0 Å². The molecule has 3 unspecified atom stereocenters. The van der Waals surface area contributed by atoms with E-state index in [4.69, 9.17) is 0 Å². The summed E-state index contributed by atoms with van der Waals surface area (Å²) >= 11 is 0. The third-order valence-electron chi connectivity index (χ3n) is 6.22. The Balaban J connectivity index is 1.88. The molecule has 7 heteroatoms. The van der Waals surface area contributed by atoms with Gasteiger partial charge in [-0.05, 0) is 31.1 Å². The first kappa shape index (κ1) is 20.6. The van der Waals surface area contributed by atoms with Crippen molar-refractivity contribution in [2.24, 2.45) is 17.8 Å². The van der Waals surface area contributed by atoms with Crippen molar-refractivity contribution in [2.45, 2.75) is 65.8 Å². The fraction of sp³-hybridized carbons (Fsp3) is 0.944. The molecule has 2 aliphatic rings. The molecule has 2 rings (SSSR count). The van der Waals surface area contributed by atoms with Crippen LogP contribution in [0, 0.1) is 17.8 Å². The number of carbonyl (C=O) groups is 1. The summed E-state index contributed by atoms with van der Waals surface area (Å²) < 4.78 is 28.2. The molecule has 1 aliphatic carbocycles. The highest BCUT2D eigenvalue weighted by Gasteiger charge is 2.35. The summed E-state index contributed by atoms with van der Waals surface area (Å²) in [5.41, 5.74) is 0. The van der Waals surface area contributed by atoms with Crippen molar-refractivity contribution in [3.8, 4) is 0 Å². The molecular weight excluding hydrogens is 338 g/mol. The van der Waals surface area contributed by atoms with Crippen molar-refractivity contribution in [1.82, 2.24) is 13.9 Å². The van der Waals surface area contributed by atoms with Crippen LogP contribution >= 0.6 is 0 Å². The number of carbonyl (C=O) groups excluding carboxylic acids is 1. The predicted octanol–water partition coefficient (Wildman–Crippen LogP) is 2.23. The summed E-state index contributed by atoms with van der Waals surface area (Å²) in [7, 11) is -3.38. The summed E-state index contributed by atoms with van der Waals surface area (Å²) in [6.45, 7) is 10.0. The third-order valence-corrected chi connectivity index (χ3v) is 8.40. The van der Waals surface area contributed by atoms with Crippen LogP contribution in [0.3, 0.4) is 0 Å². The van der Waals surface area contributed by atoms with Crippen molar-refractivity contribution < 1.29 is 13.2 Å². The van der Waals surface area contributed by atoms with E-state index in [1.54, 1.807) is 0 Å². The molecule has 0 spiro atoms. The van der Waals surface area contributed by atoms with Crippen LogP contribution in [0.25, 0.3) is 0 Å². The minimum atomic E-state index is -3.38. The lowest BCUT2D eigenvalue weighted by molar-refractivity contribution is -0.127. The molecular formula is C18H35N3O3S. The minimum Gasteiger partial charge on any atom is -0.353 e. The van der Waals surface area contributed by atoms with Gasteiger partial charge in [-0.25, -0.2) is 0 Å². The Hall–Kier alpha value is -0.660. The van der Waals surface area contributed by atoms with Crippen molar-refractivity contribution in [2.75, 3.05) is 26.2 Å². The van der Waals surface area contributed by atoms with Crippen LogP contribution < -0.4 is 5.32 Å². The second-order valence-corrected chi connectivity index (χ2v) is 9.58. The number of hydrogen-bond acceptors (Lipinski definition) is 3. The maximum atomic E-state index is 12.6. The largest absolute Gasteiger partial charge is 0.353 e. The van der Waals surface area contributed by atoms with Gasteiger partial charge in [0.15, 0.2) is 0 Å². The van der Waals surface area contributed by atoms with E-state index in [0.29, 0.717) is 50.9 Å². The maximum Gasteiger partial charge on any atom is 0.281 e. The number of nitrogens with one attached hydrogen (secondary N) is 1. The van der Waals surface area contributed by atoms with Crippen LogP contribution in [0.2, 0.25) is 0 Å². The molecule has 3 atom stereocenters. The molecule has 1 saturated carbocycles. The maximum absolute atomic E-state index is 12.6. The standard InChI is InChI=1S/C18H35N3O3S/c1-5-20(6-2)25(23,24)21-12-10-16(11-13-21)18(22)19-17-9-7-8-14(3)15(17)4/h14-17H,5-13H2,1-4H3,(H,19,22). The molecule has 1 N–H and O–H groups in total. The first-order valence-corrected chi connectivity index (χ1v) is 11.3. The van der Waals surface area contributed by atoms with Gasteiger partial charge in [-0.3, -0.25) is 4.79 Å². The van der Waals surface area contributed by atoms with Gasteiger partial charge >= 0.3 is 0 Å². The molecule has 6 nitrogen and oxygen atoms in total. The monoisotopic (exact) mass is 373 g/mol. The highest BCUT2D eigenvalue weighted by atomic mass is 32.2. The number of amides is 1. The fourth-order valence-electron chi connectivity index (χ4n) is 4.15. The highest BCUT2D eigenvalue weighted by molar-refractivity contribution is 7.86. The average molecular weight is 374 g/mol. The van der Waals surface area contributed by atoms with E-state index in [2.05, 4.69) is 19.2 Å². The number of rotatable bonds is 6. The molecule has 1 heterocycles. The van der Waals surface area contributed by atoms with Crippen LogP contribution in [0.5, 0.6) is 0 Å². The molecule has 25 heavy (non-hydrogen) atoms. The number of piperidine rings is 1. The van der Waals surface area contributed by atoms with Crippen molar-refractivity contribution in [3.63, 3.8) is 0 Å². The van der Waals surface area contributed by atoms with Gasteiger partial charge in [-0.15, -0.1) is 0 Å². The topological polar surface area (TPSA) is 69.7 Å². The Morgan fingerprint density at radius 3 is 2.24 bits per heavy atom. The van der Waals surface area contributed by atoms with E-state index in [-0.39, 0.29) is 17.9 Å². The van der Waals surface area contributed by atoms with Crippen LogP contribution in [0.1, 0.15) is 59.8 Å². The van der Waals surface area contributed by atoms with Gasteiger partial charge in [0.2, 0.25) is 5.91 Å². The van der Waals surface area contributed by atoms with E-state index >= 15 is 0 Å². The molecule has 0 aromatic carbocycles. The number of hydrogen-bond donors (Lipinski definition) is 1. The zero-order chi connectivity index (χ0) is 18.6. The minimum absolute atomic E-state index is 0.0624. The molecule has 0 bridgehead atoms. The van der Waals surface area contributed by atoms with Gasteiger partial charge in [0.1, 0.15) is 0 Å². The molecule has 146 valence electrons. The molecule has 1 saturated heterocycles. The number of nitrogens with zero attached hydrogens (tertiary/aromatic N) is 2. The Morgan fingerprint density at radius 1 is 1.08 bits per heavy atom. The third kappa shape index (κ3) is 4.74. The van der Waals surface area contributed by atoms with E-state index in [0.717, 1.165) is 6.42 Å².